The Hall–Kier alpha value is -2.45. The SMILES string of the molecule is COCCNC(=O)C(C)NC(=O)c1csc(Nc2cccc(C)c2)n1. The summed E-state index contributed by atoms with van der Waals surface area (Å²) in [5.41, 5.74) is 2.32. The molecule has 0 saturated carbocycles. The van der Waals surface area contributed by atoms with Crippen LogP contribution in [0.5, 0.6) is 0 Å². The number of methoxy groups -OCH3 is 1. The highest BCUT2D eigenvalue weighted by atomic mass is 32.1. The molecule has 0 bridgehead atoms. The van der Waals surface area contributed by atoms with Gasteiger partial charge in [-0.3, -0.25) is 9.59 Å². The van der Waals surface area contributed by atoms with Crippen LogP contribution in [0.15, 0.2) is 29.6 Å². The Labute approximate surface area is 150 Å². The van der Waals surface area contributed by atoms with E-state index in [1.165, 1.54) is 11.3 Å². The van der Waals surface area contributed by atoms with Crippen LogP contribution in [0.1, 0.15) is 23.0 Å². The number of hydrogen-bond acceptors (Lipinski definition) is 6. The Morgan fingerprint density at radius 3 is 2.88 bits per heavy atom. The number of nitrogens with one attached hydrogen (secondary N) is 3. The number of benzene rings is 1. The van der Waals surface area contributed by atoms with Crippen molar-refractivity contribution in [2.45, 2.75) is 19.9 Å². The highest BCUT2D eigenvalue weighted by Gasteiger charge is 2.18. The first-order chi connectivity index (χ1) is 12.0. The third-order valence-electron chi connectivity index (χ3n) is 3.35. The van der Waals surface area contributed by atoms with Crippen LogP contribution in [0, 0.1) is 6.92 Å². The Morgan fingerprint density at radius 2 is 2.16 bits per heavy atom. The number of hydrogen-bond donors (Lipinski definition) is 3. The van der Waals surface area contributed by atoms with Gasteiger partial charge in [0.1, 0.15) is 11.7 Å². The summed E-state index contributed by atoms with van der Waals surface area (Å²) >= 11 is 1.33. The number of nitrogens with zero attached hydrogens (tertiary/aromatic N) is 1. The minimum Gasteiger partial charge on any atom is -0.383 e. The maximum absolute atomic E-state index is 12.2. The van der Waals surface area contributed by atoms with Crippen LogP contribution >= 0.6 is 11.3 Å². The van der Waals surface area contributed by atoms with E-state index in [1.807, 2.05) is 31.2 Å². The molecule has 0 saturated heterocycles. The van der Waals surface area contributed by atoms with Crippen LogP contribution in [0.25, 0.3) is 0 Å². The van der Waals surface area contributed by atoms with Gasteiger partial charge >= 0.3 is 0 Å². The Balaban J connectivity index is 1.90. The van der Waals surface area contributed by atoms with Gasteiger partial charge in [-0.1, -0.05) is 12.1 Å². The molecule has 2 aromatic rings. The molecular weight excluding hydrogens is 340 g/mol. The summed E-state index contributed by atoms with van der Waals surface area (Å²) in [6.45, 7) is 4.45. The van der Waals surface area contributed by atoms with E-state index in [1.54, 1.807) is 19.4 Å². The van der Waals surface area contributed by atoms with Crippen molar-refractivity contribution in [3.63, 3.8) is 0 Å². The van der Waals surface area contributed by atoms with Gasteiger partial charge in [0.2, 0.25) is 5.91 Å². The highest BCUT2D eigenvalue weighted by molar-refractivity contribution is 7.14. The Bertz CT molecular complexity index is 732. The molecule has 0 aliphatic rings. The van der Waals surface area contributed by atoms with Gasteiger partial charge in [-0.25, -0.2) is 4.98 Å². The average Bonchev–Trinajstić information content (AvgIpc) is 3.03. The zero-order chi connectivity index (χ0) is 18.2. The van der Waals surface area contributed by atoms with Gasteiger partial charge in [0, 0.05) is 24.7 Å². The largest absolute Gasteiger partial charge is 0.383 e. The molecule has 0 fully saturated rings. The predicted molar refractivity (Wildman–Crippen MR) is 98.4 cm³/mol. The van der Waals surface area contributed by atoms with Gasteiger partial charge in [0.25, 0.3) is 5.91 Å². The van der Waals surface area contributed by atoms with Crippen LogP contribution in [0.3, 0.4) is 0 Å². The number of carbonyl (C=O) groups is 2. The van der Waals surface area contributed by atoms with Crippen molar-refractivity contribution in [1.29, 1.82) is 0 Å². The molecule has 3 N–H and O–H groups in total. The highest BCUT2D eigenvalue weighted by Crippen LogP contribution is 2.21. The Kier molecular flexibility index (Phi) is 6.91. The summed E-state index contributed by atoms with van der Waals surface area (Å²) in [6, 6.07) is 7.22. The molecule has 1 unspecified atom stereocenters. The van der Waals surface area contributed by atoms with Crippen molar-refractivity contribution >= 4 is 34.0 Å². The quantitative estimate of drug-likeness (QED) is 0.625. The van der Waals surface area contributed by atoms with E-state index in [-0.39, 0.29) is 17.5 Å². The van der Waals surface area contributed by atoms with Gasteiger partial charge < -0.3 is 20.7 Å². The summed E-state index contributed by atoms with van der Waals surface area (Å²) in [6.07, 6.45) is 0. The molecule has 8 heteroatoms. The third-order valence-corrected chi connectivity index (χ3v) is 4.11. The zero-order valence-electron chi connectivity index (χ0n) is 14.5. The van der Waals surface area contributed by atoms with Gasteiger partial charge in [-0.15, -0.1) is 11.3 Å². The minimum absolute atomic E-state index is 0.265. The second kappa shape index (κ2) is 9.14. The molecule has 1 aromatic carbocycles. The number of amides is 2. The molecule has 25 heavy (non-hydrogen) atoms. The number of rotatable bonds is 8. The maximum atomic E-state index is 12.2. The molecule has 0 radical (unpaired) electrons. The average molecular weight is 362 g/mol. The van der Waals surface area contributed by atoms with E-state index in [9.17, 15) is 9.59 Å². The van der Waals surface area contributed by atoms with Crippen molar-refractivity contribution in [1.82, 2.24) is 15.6 Å². The molecule has 0 aliphatic heterocycles. The second-order valence-corrected chi connectivity index (χ2v) is 6.37. The third kappa shape index (κ3) is 5.84. The number of ether oxygens (including phenoxy) is 1. The van der Waals surface area contributed by atoms with Crippen LogP contribution in [0.2, 0.25) is 0 Å². The number of aromatic nitrogens is 1. The molecular formula is C17H22N4O3S. The van der Waals surface area contributed by atoms with Crippen LogP contribution in [0.4, 0.5) is 10.8 Å². The lowest BCUT2D eigenvalue weighted by Crippen LogP contribution is -2.45. The predicted octanol–water partition coefficient (Wildman–Crippen LogP) is 2.08. The fourth-order valence-electron chi connectivity index (χ4n) is 2.05. The van der Waals surface area contributed by atoms with Gasteiger partial charge in [-0.05, 0) is 31.5 Å². The van der Waals surface area contributed by atoms with Crippen LogP contribution in [-0.2, 0) is 9.53 Å². The van der Waals surface area contributed by atoms with Gasteiger partial charge in [-0.2, -0.15) is 0 Å². The first kappa shape index (κ1) is 18.9. The lowest BCUT2D eigenvalue weighted by molar-refractivity contribution is -0.122. The molecule has 134 valence electrons. The number of aryl methyl sites for hydroxylation is 1. The summed E-state index contributed by atoms with van der Waals surface area (Å²) in [5.74, 6) is -0.651. The summed E-state index contributed by atoms with van der Waals surface area (Å²) in [4.78, 5) is 28.3. The standard InChI is InChI=1S/C17H22N4O3S/c1-11-5-4-6-13(9-11)20-17-21-14(10-25-17)16(23)19-12(2)15(22)18-7-8-24-3/h4-6,9-10,12H,7-8H2,1-3H3,(H,18,22)(H,19,23)(H,20,21). The number of thiazole rings is 1. The van der Waals surface area contributed by atoms with Crippen molar-refractivity contribution in [3.8, 4) is 0 Å². The molecule has 1 aromatic heterocycles. The fraction of sp³-hybridized carbons (Fsp3) is 0.353. The molecule has 1 atom stereocenters. The van der Waals surface area contributed by atoms with Crippen molar-refractivity contribution in [2.24, 2.45) is 0 Å². The molecule has 0 spiro atoms. The van der Waals surface area contributed by atoms with E-state index in [0.29, 0.717) is 18.3 Å². The molecule has 1 heterocycles. The number of anilines is 2. The monoisotopic (exact) mass is 362 g/mol. The molecule has 2 rings (SSSR count). The summed E-state index contributed by atoms with van der Waals surface area (Å²) in [5, 5.41) is 10.7. The van der Waals surface area contributed by atoms with E-state index >= 15 is 0 Å². The lowest BCUT2D eigenvalue weighted by atomic mass is 10.2. The Morgan fingerprint density at radius 1 is 1.36 bits per heavy atom. The van der Waals surface area contributed by atoms with Crippen molar-refractivity contribution < 1.29 is 14.3 Å². The summed E-state index contributed by atoms with van der Waals surface area (Å²) in [7, 11) is 1.56. The van der Waals surface area contributed by atoms with Crippen molar-refractivity contribution in [2.75, 3.05) is 25.6 Å². The van der Waals surface area contributed by atoms with Crippen LogP contribution < -0.4 is 16.0 Å². The lowest BCUT2D eigenvalue weighted by Gasteiger charge is -2.13. The zero-order valence-corrected chi connectivity index (χ0v) is 15.3. The van der Waals surface area contributed by atoms with E-state index in [2.05, 4.69) is 20.9 Å². The van der Waals surface area contributed by atoms with E-state index < -0.39 is 6.04 Å². The molecule has 7 nitrogen and oxygen atoms in total. The second-order valence-electron chi connectivity index (χ2n) is 5.51. The summed E-state index contributed by atoms with van der Waals surface area (Å²) < 4.78 is 4.86. The molecule has 0 aliphatic carbocycles. The topological polar surface area (TPSA) is 92.4 Å². The van der Waals surface area contributed by atoms with Gasteiger partial charge in [0.05, 0.1) is 6.61 Å². The fourth-order valence-corrected chi connectivity index (χ4v) is 2.76. The van der Waals surface area contributed by atoms with Crippen LogP contribution in [-0.4, -0.2) is 43.1 Å². The number of carbonyl (C=O) groups excluding carboxylic acids is 2. The minimum atomic E-state index is -0.653. The smallest absolute Gasteiger partial charge is 0.271 e. The van der Waals surface area contributed by atoms with E-state index in [0.717, 1.165) is 11.3 Å². The van der Waals surface area contributed by atoms with E-state index in [4.69, 9.17) is 4.74 Å². The van der Waals surface area contributed by atoms with Crippen molar-refractivity contribution in [3.05, 3.63) is 40.9 Å². The molecule has 2 amide bonds. The van der Waals surface area contributed by atoms with Gasteiger partial charge in [0.15, 0.2) is 5.13 Å². The normalized spacial score (nSPS) is 11.6. The maximum Gasteiger partial charge on any atom is 0.271 e. The first-order valence-electron chi connectivity index (χ1n) is 7.86. The first-order valence-corrected chi connectivity index (χ1v) is 8.74.